The monoisotopic (exact) mass is 356 g/mol. The summed E-state index contributed by atoms with van der Waals surface area (Å²) in [6, 6.07) is 3.56. The van der Waals surface area contributed by atoms with Crippen LogP contribution in [0.15, 0.2) is 12.1 Å². The van der Waals surface area contributed by atoms with E-state index in [-0.39, 0.29) is 16.6 Å². The van der Waals surface area contributed by atoms with Gasteiger partial charge in [-0.1, -0.05) is 73.4 Å². The second-order valence-electron chi connectivity index (χ2n) is 8.71. The highest BCUT2D eigenvalue weighted by Crippen LogP contribution is 2.56. The Balaban J connectivity index is 3.65. The summed E-state index contributed by atoms with van der Waals surface area (Å²) in [7, 11) is -4.27. The van der Waals surface area contributed by atoms with E-state index in [1.165, 1.54) is 0 Å². The molecule has 3 N–H and O–H groups in total. The number of rotatable bonds is 5. The number of unbranched alkanes of at least 4 members (excludes halogenated alkanes) is 1. The third-order valence-electron chi connectivity index (χ3n) is 4.37. The molecule has 5 heteroatoms. The first kappa shape index (κ1) is 21.2. The van der Waals surface area contributed by atoms with Crippen LogP contribution in [0.2, 0.25) is 0 Å². The zero-order valence-corrected chi connectivity index (χ0v) is 16.9. The second kappa shape index (κ2) is 7.19. The Morgan fingerprint density at radius 2 is 1.42 bits per heavy atom. The highest BCUT2D eigenvalue weighted by Gasteiger charge is 2.34. The van der Waals surface area contributed by atoms with Crippen LogP contribution in [0.25, 0.3) is 0 Å². The van der Waals surface area contributed by atoms with Gasteiger partial charge in [0.1, 0.15) is 5.75 Å². The van der Waals surface area contributed by atoms with Gasteiger partial charge in [-0.25, -0.2) is 0 Å². The molecule has 1 aromatic carbocycles. The lowest BCUT2D eigenvalue weighted by molar-refractivity contribution is 0.353. The number of hydrogen-bond donors (Lipinski definition) is 3. The van der Waals surface area contributed by atoms with Crippen LogP contribution in [0.5, 0.6) is 5.75 Å². The molecule has 0 bridgehead atoms. The molecular weight excluding hydrogens is 323 g/mol. The highest BCUT2D eigenvalue weighted by molar-refractivity contribution is 7.52. The van der Waals surface area contributed by atoms with Crippen molar-refractivity contribution >= 4 is 7.60 Å². The minimum Gasteiger partial charge on any atom is -0.507 e. The van der Waals surface area contributed by atoms with Gasteiger partial charge in [-0.05, 0) is 33.9 Å². The van der Waals surface area contributed by atoms with E-state index in [0.29, 0.717) is 12.0 Å². The van der Waals surface area contributed by atoms with Crippen LogP contribution in [0.1, 0.15) is 90.1 Å². The maximum absolute atomic E-state index is 12.1. The largest absolute Gasteiger partial charge is 0.507 e. The molecule has 1 aromatic rings. The zero-order chi connectivity index (χ0) is 18.9. The Hall–Kier alpha value is -0.830. The molecule has 24 heavy (non-hydrogen) atoms. The van der Waals surface area contributed by atoms with Crippen LogP contribution in [0.3, 0.4) is 0 Å². The van der Waals surface area contributed by atoms with E-state index < -0.39 is 13.3 Å². The number of phenolic OH excluding ortho intramolecular Hbond substituents is 1. The van der Waals surface area contributed by atoms with Crippen LogP contribution < -0.4 is 0 Å². The average molecular weight is 356 g/mol. The molecular formula is C19H33O4P. The molecule has 0 aliphatic heterocycles. The van der Waals surface area contributed by atoms with Crippen molar-refractivity contribution in [2.24, 2.45) is 0 Å². The Morgan fingerprint density at radius 1 is 1.00 bits per heavy atom. The zero-order valence-electron chi connectivity index (χ0n) is 16.1. The van der Waals surface area contributed by atoms with Gasteiger partial charge in [-0.3, -0.25) is 4.57 Å². The van der Waals surface area contributed by atoms with E-state index in [1.54, 1.807) is 12.1 Å². The van der Waals surface area contributed by atoms with Gasteiger partial charge in [-0.15, -0.1) is 0 Å². The van der Waals surface area contributed by atoms with E-state index in [9.17, 15) is 19.5 Å². The van der Waals surface area contributed by atoms with E-state index in [1.807, 2.05) is 48.5 Å². The van der Waals surface area contributed by atoms with Gasteiger partial charge in [-0.2, -0.15) is 0 Å². The smallest absolute Gasteiger partial charge is 0.332 e. The van der Waals surface area contributed by atoms with Gasteiger partial charge < -0.3 is 14.9 Å². The molecule has 1 rings (SSSR count). The van der Waals surface area contributed by atoms with E-state index in [2.05, 4.69) is 0 Å². The highest BCUT2D eigenvalue weighted by atomic mass is 31.2. The molecule has 138 valence electrons. The Morgan fingerprint density at radius 3 is 1.71 bits per heavy atom. The molecule has 4 nitrogen and oxygen atoms in total. The van der Waals surface area contributed by atoms with Gasteiger partial charge in [0.25, 0.3) is 0 Å². The molecule has 0 aliphatic rings. The fourth-order valence-electron chi connectivity index (χ4n) is 2.92. The third-order valence-corrected chi connectivity index (χ3v) is 5.74. The Bertz CT molecular complexity index is 582. The van der Waals surface area contributed by atoms with Gasteiger partial charge >= 0.3 is 7.60 Å². The van der Waals surface area contributed by atoms with Crippen molar-refractivity contribution in [2.75, 3.05) is 0 Å². The summed E-state index contributed by atoms with van der Waals surface area (Å²) in [6.07, 6.45) is 2.08. The molecule has 0 aromatic heterocycles. The first-order valence-corrected chi connectivity index (χ1v) is 10.3. The topological polar surface area (TPSA) is 77.8 Å². The first-order chi connectivity index (χ1) is 10.7. The molecule has 0 heterocycles. The summed E-state index contributed by atoms with van der Waals surface area (Å²) in [5.41, 5.74) is 0.652. The molecule has 0 aliphatic carbocycles. The molecule has 0 amide bonds. The van der Waals surface area contributed by atoms with Crippen LogP contribution in [-0.4, -0.2) is 14.9 Å². The fourth-order valence-corrected chi connectivity index (χ4v) is 3.98. The number of benzene rings is 1. The van der Waals surface area contributed by atoms with Crippen molar-refractivity contribution < 1.29 is 19.5 Å². The minimum atomic E-state index is -4.27. The molecule has 0 saturated carbocycles. The molecule has 0 saturated heterocycles. The number of aromatic hydroxyl groups is 1. The summed E-state index contributed by atoms with van der Waals surface area (Å²) < 4.78 is 12.1. The van der Waals surface area contributed by atoms with Gasteiger partial charge in [0.15, 0.2) is 0 Å². The molecule has 0 radical (unpaired) electrons. The molecule has 0 fully saturated rings. The van der Waals surface area contributed by atoms with Crippen molar-refractivity contribution in [1.82, 2.24) is 0 Å². The maximum Gasteiger partial charge on any atom is 0.332 e. The molecule has 0 spiro atoms. The van der Waals surface area contributed by atoms with E-state index in [4.69, 9.17) is 0 Å². The van der Waals surface area contributed by atoms with Gasteiger partial charge in [0.05, 0.1) is 5.66 Å². The molecule has 1 atom stereocenters. The number of phenols is 1. The van der Waals surface area contributed by atoms with Crippen LogP contribution >= 0.6 is 7.60 Å². The van der Waals surface area contributed by atoms with E-state index >= 15 is 0 Å². The Kier molecular flexibility index (Phi) is 6.36. The van der Waals surface area contributed by atoms with Crippen LogP contribution in [0.4, 0.5) is 0 Å². The fraction of sp³-hybridized carbons (Fsp3) is 0.684. The lowest BCUT2D eigenvalue weighted by Crippen LogP contribution is -2.18. The Labute approximate surface area is 146 Å². The van der Waals surface area contributed by atoms with Crippen molar-refractivity contribution in [3.63, 3.8) is 0 Å². The van der Waals surface area contributed by atoms with Crippen molar-refractivity contribution in [2.45, 2.75) is 84.2 Å². The van der Waals surface area contributed by atoms with Gasteiger partial charge in [0, 0.05) is 0 Å². The summed E-state index contributed by atoms with van der Waals surface area (Å²) in [6.45, 7) is 14.0. The summed E-state index contributed by atoms with van der Waals surface area (Å²) in [5.74, 6) is 0.235. The van der Waals surface area contributed by atoms with Crippen molar-refractivity contribution in [3.05, 3.63) is 28.8 Å². The lowest BCUT2D eigenvalue weighted by atomic mass is 9.78. The SMILES string of the molecule is CCCCC(c1cc(C(C)(C)C)c(O)c(C(C)(C)C)c1)P(=O)(O)O. The van der Waals surface area contributed by atoms with E-state index in [0.717, 1.165) is 24.0 Å². The van der Waals surface area contributed by atoms with Crippen molar-refractivity contribution in [3.8, 4) is 5.75 Å². The predicted molar refractivity (Wildman–Crippen MR) is 99.8 cm³/mol. The lowest BCUT2D eigenvalue weighted by Gasteiger charge is -2.30. The number of hydrogen-bond acceptors (Lipinski definition) is 2. The quantitative estimate of drug-likeness (QED) is 0.618. The second-order valence-corrected chi connectivity index (χ2v) is 10.5. The molecule has 1 unspecified atom stereocenters. The third kappa shape index (κ3) is 5.08. The van der Waals surface area contributed by atoms with Gasteiger partial charge in [0.2, 0.25) is 0 Å². The first-order valence-electron chi connectivity index (χ1n) is 8.62. The summed E-state index contributed by atoms with van der Waals surface area (Å²) in [4.78, 5) is 19.7. The van der Waals surface area contributed by atoms with Crippen LogP contribution in [0, 0.1) is 0 Å². The van der Waals surface area contributed by atoms with Crippen LogP contribution in [-0.2, 0) is 15.4 Å². The predicted octanol–water partition coefficient (Wildman–Crippen LogP) is 5.40. The maximum atomic E-state index is 12.1. The standard InChI is InChI=1S/C19H33O4P/c1-8-9-10-16(24(21,22)23)13-11-14(18(2,3)4)17(20)15(12-13)19(5,6)7/h11-12,16,20H,8-10H2,1-7H3,(H2,21,22,23). The van der Waals surface area contributed by atoms with Crippen molar-refractivity contribution in [1.29, 1.82) is 0 Å². The minimum absolute atomic E-state index is 0.235. The summed E-state index contributed by atoms with van der Waals surface area (Å²) >= 11 is 0. The average Bonchev–Trinajstić information content (AvgIpc) is 2.36. The normalized spacial score (nSPS) is 14.7. The summed E-state index contributed by atoms with van der Waals surface area (Å²) in [5, 5.41) is 10.8.